The second kappa shape index (κ2) is 8.60. The van der Waals surface area contributed by atoms with Gasteiger partial charge in [0, 0.05) is 18.1 Å². The Balaban J connectivity index is 1.42. The fraction of sp³-hybridized carbons (Fsp3) is 0.292. The molecule has 0 aliphatic carbocycles. The summed E-state index contributed by atoms with van der Waals surface area (Å²) in [4.78, 5) is 20.1. The molecular weight excluding hydrogens is 454 g/mol. The number of benzene rings is 2. The van der Waals surface area contributed by atoms with Gasteiger partial charge in [-0.15, -0.1) is 4.40 Å². The van der Waals surface area contributed by atoms with Crippen molar-refractivity contribution in [3.8, 4) is 5.75 Å². The second-order valence-electron chi connectivity index (χ2n) is 8.52. The number of hydrogen-bond donors (Lipinski definition) is 2. The summed E-state index contributed by atoms with van der Waals surface area (Å²) in [6.07, 6.45) is 4.46. The number of ether oxygens (including phenoxy) is 1. The molecule has 3 heterocycles. The number of anilines is 1. The van der Waals surface area contributed by atoms with Gasteiger partial charge in [0.1, 0.15) is 12.4 Å². The molecule has 0 bridgehead atoms. The Morgan fingerprint density at radius 2 is 2.03 bits per heavy atom. The number of amidine groups is 1. The lowest BCUT2D eigenvalue weighted by atomic mass is 9.98. The Morgan fingerprint density at radius 3 is 2.88 bits per heavy atom. The van der Waals surface area contributed by atoms with E-state index in [0.29, 0.717) is 29.1 Å². The molecule has 3 aromatic rings. The predicted molar refractivity (Wildman–Crippen MR) is 130 cm³/mol. The lowest BCUT2D eigenvalue weighted by Crippen LogP contribution is -2.47. The first-order valence-electron chi connectivity index (χ1n) is 11.1. The standard InChI is InChI=1S/C24H25N5O4S/c1-15-13-26-18-9-3-2-8-17(18)21(15)24(30)29-12-5-4-7-16(29)14-33-20-11-6-10-19-22(20)23(25)28-34(31,32)27-19/h2-3,6,8-11,13,16,27H,4-5,7,12,14H2,1H3,(H2,25,28). The van der Waals surface area contributed by atoms with Crippen molar-refractivity contribution < 1.29 is 17.9 Å². The largest absolute Gasteiger partial charge is 0.491 e. The van der Waals surface area contributed by atoms with E-state index in [4.69, 9.17) is 10.5 Å². The van der Waals surface area contributed by atoms with Gasteiger partial charge in [-0.25, -0.2) is 0 Å². The molecule has 1 saturated heterocycles. The molecule has 0 saturated carbocycles. The number of likely N-dealkylation sites (tertiary alicyclic amines) is 1. The van der Waals surface area contributed by atoms with Gasteiger partial charge >= 0.3 is 10.2 Å². The molecule has 9 nitrogen and oxygen atoms in total. The Labute approximate surface area is 197 Å². The molecule has 1 aromatic heterocycles. The highest BCUT2D eigenvalue weighted by molar-refractivity contribution is 7.91. The number of pyridine rings is 1. The third kappa shape index (κ3) is 4.05. The van der Waals surface area contributed by atoms with E-state index in [-0.39, 0.29) is 24.4 Å². The van der Waals surface area contributed by atoms with E-state index in [1.165, 1.54) is 0 Å². The Bertz CT molecular complexity index is 1420. The van der Waals surface area contributed by atoms with Crippen molar-refractivity contribution in [2.45, 2.75) is 32.2 Å². The van der Waals surface area contributed by atoms with Crippen LogP contribution >= 0.6 is 0 Å². The molecule has 1 fully saturated rings. The van der Waals surface area contributed by atoms with Crippen LogP contribution in [0.15, 0.2) is 53.1 Å². The normalized spacial score (nSPS) is 19.1. The maximum Gasteiger partial charge on any atom is 0.344 e. The lowest BCUT2D eigenvalue weighted by molar-refractivity contribution is 0.0529. The van der Waals surface area contributed by atoms with Gasteiger partial charge in [0.15, 0.2) is 5.84 Å². The summed E-state index contributed by atoms with van der Waals surface area (Å²) >= 11 is 0. The molecular formula is C24H25N5O4S. The molecule has 2 aromatic carbocycles. The molecule has 0 radical (unpaired) electrons. The van der Waals surface area contributed by atoms with Crippen LogP contribution in [-0.2, 0) is 10.2 Å². The lowest BCUT2D eigenvalue weighted by Gasteiger charge is -2.36. The molecule has 176 valence electrons. The van der Waals surface area contributed by atoms with Crippen molar-refractivity contribution in [3.05, 3.63) is 65.4 Å². The van der Waals surface area contributed by atoms with Crippen LogP contribution in [-0.4, -0.2) is 49.2 Å². The molecule has 2 aliphatic heterocycles. The maximum atomic E-state index is 13.7. The smallest absolute Gasteiger partial charge is 0.344 e. The number of piperidine rings is 1. The van der Waals surface area contributed by atoms with Gasteiger partial charge in [-0.05, 0) is 49.9 Å². The van der Waals surface area contributed by atoms with Crippen molar-refractivity contribution >= 4 is 38.5 Å². The minimum Gasteiger partial charge on any atom is -0.491 e. The minimum absolute atomic E-state index is 0.0340. The van der Waals surface area contributed by atoms with Crippen LogP contribution in [0.25, 0.3) is 10.9 Å². The zero-order valence-electron chi connectivity index (χ0n) is 18.7. The summed E-state index contributed by atoms with van der Waals surface area (Å²) in [6, 6.07) is 12.5. The summed E-state index contributed by atoms with van der Waals surface area (Å²) in [5, 5.41) is 0.839. The summed E-state index contributed by atoms with van der Waals surface area (Å²) in [6.45, 7) is 2.80. The second-order valence-corrected chi connectivity index (χ2v) is 9.86. The number of rotatable bonds is 4. The van der Waals surface area contributed by atoms with E-state index in [2.05, 4.69) is 14.1 Å². The van der Waals surface area contributed by atoms with Crippen molar-refractivity contribution in [2.75, 3.05) is 17.9 Å². The molecule has 10 heteroatoms. The number of amides is 1. The van der Waals surface area contributed by atoms with E-state index >= 15 is 0 Å². The topological polar surface area (TPSA) is 127 Å². The van der Waals surface area contributed by atoms with Gasteiger partial charge in [0.2, 0.25) is 0 Å². The fourth-order valence-electron chi connectivity index (χ4n) is 4.63. The number of aryl methyl sites for hydroxylation is 1. The average Bonchev–Trinajstić information content (AvgIpc) is 2.81. The zero-order chi connectivity index (χ0) is 23.9. The fourth-order valence-corrected chi connectivity index (χ4v) is 5.48. The van der Waals surface area contributed by atoms with Gasteiger partial charge in [-0.3, -0.25) is 14.5 Å². The monoisotopic (exact) mass is 479 g/mol. The molecule has 1 unspecified atom stereocenters. The van der Waals surface area contributed by atoms with Gasteiger partial charge < -0.3 is 15.4 Å². The summed E-state index contributed by atoms with van der Waals surface area (Å²) in [5.74, 6) is 0.262. The van der Waals surface area contributed by atoms with E-state index in [0.717, 1.165) is 35.7 Å². The molecule has 1 amide bonds. The number of carbonyl (C=O) groups is 1. The zero-order valence-corrected chi connectivity index (χ0v) is 19.5. The van der Waals surface area contributed by atoms with Crippen LogP contribution in [0.5, 0.6) is 5.75 Å². The van der Waals surface area contributed by atoms with Crippen molar-refractivity contribution in [1.29, 1.82) is 0 Å². The van der Waals surface area contributed by atoms with E-state index in [9.17, 15) is 13.2 Å². The average molecular weight is 480 g/mol. The maximum absolute atomic E-state index is 13.7. The number of para-hydroxylation sites is 1. The van der Waals surface area contributed by atoms with Gasteiger partial charge in [0.05, 0.1) is 28.4 Å². The van der Waals surface area contributed by atoms with E-state index < -0.39 is 10.2 Å². The number of nitrogens with one attached hydrogen (secondary N) is 1. The van der Waals surface area contributed by atoms with E-state index in [1.54, 1.807) is 24.4 Å². The molecule has 2 aliphatic rings. The summed E-state index contributed by atoms with van der Waals surface area (Å²) in [5.41, 5.74) is 8.95. The van der Waals surface area contributed by atoms with Crippen LogP contribution in [0.3, 0.4) is 0 Å². The number of carbonyl (C=O) groups excluding carboxylic acids is 1. The summed E-state index contributed by atoms with van der Waals surface area (Å²) < 4.78 is 35.7. The van der Waals surface area contributed by atoms with Crippen LogP contribution in [0.2, 0.25) is 0 Å². The number of nitrogens with two attached hydrogens (primary N) is 1. The number of fused-ring (bicyclic) bond motifs is 2. The Kier molecular flexibility index (Phi) is 5.60. The minimum atomic E-state index is -3.87. The van der Waals surface area contributed by atoms with Crippen LogP contribution in [0, 0.1) is 6.92 Å². The number of nitrogens with zero attached hydrogens (tertiary/aromatic N) is 3. The highest BCUT2D eigenvalue weighted by atomic mass is 32.2. The third-order valence-electron chi connectivity index (χ3n) is 6.24. The van der Waals surface area contributed by atoms with Crippen LogP contribution in [0.1, 0.15) is 40.7 Å². The van der Waals surface area contributed by atoms with Crippen molar-refractivity contribution in [3.63, 3.8) is 0 Å². The van der Waals surface area contributed by atoms with Crippen molar-refractivity contribution in [1.82, 2.24) is 9.88 Å². The number of hydrogen-bond acceptors (Lipinski definition) is 6. The summed E-state index contributed by atoms with van der Waals surface area (Å²) in [7, 11) is -3.87. The highest BCUT2D eigenvalue weighted by Crippen LogP contribution is 2.32. The Hall–Kier alpha value is -3.66. The first-order chi connectivity index (χ1) is 16.3. The van der Waals surface area contributed by atoms with E-state index in [1.807, 2.05) is 36.1 Å². The van der Waals surface area contributed by atoms with Crippen LogP contribution in [0.4, 0.5) is 5.69 Å². The van der Waals surface area contributed by atoms with Crippen molar-refractivity contribution in [2.24, 2.45) is 10.1 Å². The quantitative estimate of drug-likeness (QED) is 0.592. The molecule has 34 heavy (non-hydrogen) atoms. The SMILES string of the molecule is Cc1cnc2ccccc2c1C(=O)N1CCCCC1COc1cccc2c1C(N)=NS(=O)(=O)N2. The van der Waals surface area contributed by atoms with Gasteiger partial charge in [-0.2, -0.15) is 8.42 Å². The highest BCUT2D eigenvalue weighted by Gasteiger charge is 2.31. The van der Waals surface area contributed by atoms with Gasteiger partial charge in [0.25, 0.3) is 5.91 Å². The molecule has 0 spiro atoms. The predicted octanol–water partition coefficient (Wildman–Crippen LogP) is 2.99. The third-order valence-corrected chi connectivity index (χ3v) is 7.15. The molecule has 1 atom stereocenters. The first kappa shape index (κ1) is 22.1. The van der Waals surface area contributed by atoms with Gasteiger partial charge in [-0.1, -0.05) is 24.3 Å². The molecule has 5 rings (SSSR count). The van der Waals surface area contributed by atoms with Crippen LogP contribution < -0.4 is 15.2 Å². The number of aromatic nitrogens is 1. The molecule has 3 N–H and O–H groups in total. The Morgan fingerprint density at radius 1 is 1.21 bits per heavy atom. The first-order valence-corrected chi connectivity index (χ1v) is 12.6.